The third-order valence-corrected chi connectivity index (χ3v) is 6.55. The molecule has 0 bridgehead atoms. The van der Waals surface area contributed by atoms with Crippen LogP contribution >= 0.6 is 0 Å². The number of nitrogens with zero attached hydrogens (tertiary/aromatic N) is 3. The lowest BCUT2D eigenvalue weighted by molar-refractivity contribution is -0.135. The molecule has 0 unspecified atom stereocenters. The molecule has 1 saturated heterocycles. The van der Waals surface area contributed by atoms with Gasteiger partial charge in [0, 0.05) is 37.4 Å². The number of hydrogen-bond acceptors (Lipinski definition) is 4. The predicted octanol–water partition coefficient (Wildman–Crippen LogP) is 4.00. The minimum Gasteiger partial charge on any atom is -0.341 e. The van der Waals surface area contributed by atoms with E-state index in [9.17, 15) is 4.79 Å². The van der Waals surface area contributed by atoms with Crippen molar-refractivity contribution in [3.63, 3.8) is 0 Å². The first-order valence-electron chi connectivity index (χ1n) is 11.8. The van der Waals surface area contributed by atoms with Crippen molar-refractivity contribution in [1.82, 2.24) is 20.1 Å². The van der Waals surface area contributed by atoms with Gasteiger partial charge in [-0.1, -0.05) is 60.7 Å². The van der Waals surface area contributed by atoms with E-state index in [1.807, 2.05) is 47.5 Å². The molecule has 2 aromatic carbocycles. The summed E-state index contributed by atoms with van der Waals surface area (Å²) in [5, 5.41) is 3.56. The number of likely N-dealkylation sites (tertiary alicyclic amines) is 1. The van der Waals surface area contributed by atoms with Crippen LogP contribution in [0.15, 0.2) is 79.0 Å². The van der Waals surface area contributed by atoms with Crippen LogP contribution in [-0.4, -0.2) is 60.0 Å². The number of carbonyl (C=O) groups is 1. The van der Waals surface area contributed by atoms with Gasteiger partial charge < -0.3 is 15.1 Å². The van der Waals surface area contributed by atoms with Gasteiger partial charge in [0.1, 0.15) is 0 Å². The van der Waals surface area contributed by atoms with Crippen molar-refractivity contribution in [3.8, 4) is 11.3 Å². The minimum atomic E-state index is -0.237. The van der Waals surface area contributed by atoms with Gasteiger partial charge in [0.05, 0.1) is 11.7 Å². The van der Waals surface area contributed by atoms with Crippen LogP contribution in [0.1, 0.15) is 24.0 Å². The van der Waals surface area contributed by atoms with E-state index in [2.05, 4.69) is 65.7 Å². The van der Waals surface area contributed by atoms with Gasteiger partial charge in [0.15, 0.2) is 0 Å². The van der Waals surface area contributed by atoms with Crippen molar-refractivity contribution in [2.45, 2.75) is 37.9 Å². The summed E-state index contributed by atoms with van der Waals surface area (Å²) >= 11 is 0. The monoisotopic (exact) mass is 442 g/mol. The van der Waals surface area contributed by atoms with Crippen LogP contribution in [0.2, 0.25) is 0 Å². The van der Waals surface area contributed by atoms with Crippen molar-refractivity contribution in [1.29, 1.82) is 0 Å². The quantitative estimate of drug-likeness (QED) is 0.573. The van der Waals surface area contributed by atoms with Crippen molar-refractivity contribution in [2.75, 3.05) is 27.2 Å². The third kappa shape index (κ3) is 6.28. The maximum atomic E-state index is 13.5. The highest BCUT2D eigenvalue weighted by atomic mass is 16.2. The molecule has 1 amide bonds. The zero-order valence-corrected chi connectivity index (χ0v) is 19.7. The van der Waals surface area contributed by atoms with Crippen LogP contribution in [0.25, 0.3) is 11.3 Å². The summed E-state index contributed by atoms with van der Waals surface area (Å²) < 4.78 is 0. The Morgan fingerprint density at radius 1 is 0.970 bits per heavy atom. The second-order valence-corrected chi connectivity index (χ2v) is 9.06. The highest BCUT2D eigenvalue weighted by Gasteiger charge is 2.28. The number of nitrogens with one attached hydrogen (secondary N) is 1. The summed E-state index contributed by atoms with van der Waals surface area (Å²) in [6.07, 6.45) is 4.57. The lowest BCUT2D eigenvalue weighted by Crippen LogP contribution is -2.52. The molecule has 1 aliphatic heterocycles. The zero-order valence-electron chi connectivity index (χ0n) is 19.7. The Hall–Kier alpha value is -3.02. The van der Waals surface area contributed by atoms with Crippen molar-refractivity contribution >= 4 is 5.91 Å². The number of hydrogen-bond donors (Lipinski definition) is 1. The molecule has 0 aliphatic carbocycles. The number of benzene rings is 2. The largest absolute Gasteiger partial charge is 0.341 e. The molecule has 0 spiro atoms. The summed E-state index contributed by atoms with van der Waals surface area (Å²) in [4.78, 5) is 22.2. The summed E-state index contributed by atoms with van der Waals surface area (Å²) in [5.74, 6) is 0.209. The van der Waals surface area contributed by atoms with E-state index < -0.39 is 0 Å². The van der Waals surface area contributed by atoms with E-state index in [1.54, 1.807) is 0 Å². The molecule has 1 aliphatic rings. The molecule has 2 heterocycles. The first-order valence-corrected chi connectivity index (χ1v) is 11.8. The first kappa shape index (κ1) is 23.1. The Morgan fingerprint density at radius 3 is 2.30 bits per heavy atom. The molecular weight excluding hydrogens is 408 g/mol. The second kappa shape index (κ2) is 11.2. The van der Waals surface area contributed by atoms with Gasteiger partial charge in [-0.15, -0.1) is 0 Å². The maximum Gasteiger partial charge on any atom is 0.240 e. The van der Waals surface area contributed by atoms with Gasteiger partial charge in [0.25, 0.3) is 0 Å². The standard InChI is InChI=1S/C28H34N4O/c1-31(2)25-15-18-32(19-16-25)28(33)27(20-22-8-4-3-5-9-22)30-21-23-11-13-24(14-12-23)26-10-6-7-17-29-26/h3-14,17,25,27,30H,15-16,18-21H2,1-2H3/t27-/m0/s1. The second-order valence-electron chi connectivity index (χ2n) is 9.06. The SMILES string of the molecule is CN(C)C1CCN(C(=O)[C@H](Cc2ccccc2)NCc2ccc(-c3ccccn3)cc2)CC1. The first-order chi connectivity index (χ1) is 16.1. The van der Waals surface area contributed by atoms with Crippen molar-refractivity contribution < 1.29 is 4.79 Å². The van der Waals surface area contributed by atoms with Crippen LogP contribution in [0.5, 0.6) is 0 Å². The van der Waals surface area contributed by atoms with Crippen LogP contribution in [0.4, 0.5) is 0 Å². The van der Waals surface area contributed by atoms with Crippen molar-refractivity contribution in [3.05, 3.63) is 90.1 Å². The Labute approximate surface area is 197 Å². The molecule has 172 valence electrons. The number of rotatable bonds is 8. The van der Waals surface area contributed by atoms with Crippen molar-refractivity contribution in [2.24, 2.45) is 0 Å². The third-order valence-electron chi connectivity index (χ3n) is 6.55. The molecule has 0 radical (unpaired) electrons. The Bertz CT molecular complexity index is 997. The topological polar surface area (TPSA) is 48.5 Å². The average Bonchev–Trinajstić information content (AvgIpc) is 2.87. The minimum absolute atomic E-state index is 0.209. The number of piperidine rings is 1. The molecule has 1 atom stereocenters. The summed E-state index contributed by atoms with van der Waals surface area (Å²) in [7, 11) is 4.25. The summed E-state index contributed by atoms with van der Waals surface area (Å²) in [6.45, 7) is 2.31. The Kier molecular flexibility index (Phi) is 7.87. The molecule has 5 heteroatoms. The van der Waals surface area contributed by atoms with Crippen LogP contribution in [-0.2, 0) is 17.8 Å². The van der Waals surface area contributed by atoms with Gasteiger partial charge >= 0.3 is 0 Å². The van der Waals surface area contributed by atoms with Gasteiger partial charge in [-0.05, 0) is 56.6 Å². The van der Waals surface area contributed by atoms with Gasteiger partial charge in [0.2, 0.25) is 5.91 Å². The van der Waals surface area contributed by atoms with Crippen LogP contribution in [0, 0.1) is 0 Å². The van der Waals surface area contributed by atoms with E-state index in [0.29, 0.717) is 19.0 Å². The Morgan fingerprint density at radius 2 is 1.67 bits per heavy atom. The van der Waals surface area contributed by atoms with Crippen LogP contribution in [0.3, 0.4) is 0 Å². The number of amides is 1. The fourth-order valence-corrected chi connectivity index (χ4v) is 4.49. The fourth-order valence-electron chi connectivity index (χ4n) is 4.49. The lowest BCUT2D eigenvalue weighted by Gasteiger charge is -2.37. The smallest absolute Gasteiger partial charge is 0.240 e. The molecule has 1 N–H and O–H groups in total. The lowest BCUT2D eigenvalue weighted by atomic mass is 10.0. The molecule has 4 rings (SSSR count). The molecule has 5 nitrogen and oxygen atoms in total. The molecule has 33 heavy (non-hydrogen) atoms. The van der Waals surface area contributed by atoms with Gasteiger partial charge in [-0.2, -0.15) is 0 Å². The van der Waals surface area contributed by atoms with E-state index in [-0.39, 0.29) is 11.9 Å². The molecule has 0 saturated carbocycles. The summed E-state index contributed by atoms with van der Waals surface area (Å²) in [5.41, 5.74) is 4.40. The number of aromatic nitrogens is 1. The van der Waals surface area contributed by atoms with E-state index >= 15 is 0 Å². The highest BCUT2D eigenvalue weighted by molar-refractivity contribution is 5.82. The van der Waals surface area contributed by atoms with E-state index in [0.717, 1.165) is 42.8 Å². The molecule has 1 aromatic heterocycles. The van der Waals surface area contributed by atoms with Gasteiger partial charge in [-0.25, -0.2) is 0 Å². The number of carbonyl (C=O) groups excluding carboxylic acids is 1. The molecule has 3 aromatic rings. The normalized spacial score (nSPS) is 15.5. The van der Waals surface area contributed by atoms with E-state index in [4.69, 9.17) is 0 Å². The van der Waals surface area contributed by atoms with Gasteiger partial charge in [-0.3, -0.25) is 9.78 Å². The highest BCUT2D eigenvalue weighted by Crippen LogP contribution is 2.18. The van der Waals surface area contributed by atoms with Crippen LogP contribution < -0.4 is 5.32 Å². The predicted molar refractivity (Wildman–Crippen MR) is 134 cm³/mol. The zero-order chi connectivity index (χ0) is 23.0. The number of pyridine rings is 1. The van der Waals surface area contributed by atoms with E-state index in [1.165, 1.54) is 5.56 Å². The maximum absolute atomic E-state index is 13.5. The summed E-state index contributed by atoms with van der Waals surface area (Å²) in [6, 6.07) is 25.0. The average molecular weight is 443 g/mol. The molecular formula is C28H34N4O. The molecule has 1 fully saturated rings. The fraction of sp³-hybridized carbons (Fsp3) is 0.357. The Balaban J connectivity index is 1.42.